The molecule has 0 fully saturated rings. The minimum absolute atomic E-state index is 0. The number of hydrogen-bond acceptors (Lipinski definition) is 13. The van der Waals surface area contributed by atoms with Crippen molar-refractivity contribution in [1.82, 2.24) is 10.6 Å². The van der Waals surface area contributed by atoms with Gasteiger partial charge in [0.05, 0.1) is 39.6 Å². The summed E-state index contributed by atoms with van der Waals surface area (Å²) < 4.78 is 29.4. The van der Waals surface area contributed by atoms with E-state index in [9.17, 15) is 33.6 Å². The fourth-order valence-electron chi connectivity index (χ4n) is 5.42. The molecule has 0 saturated heterocycles. The third kappa shape index (κ3) is 36.2. The van der Waals surface area contributed by atoms with Gasteiger partial charge in [-0.2, -0.15) is 0 Å². The molecule has 0 atom stereocenters. The number of carbonyl (C=O) groups is 7. The minimum atomic E-state index is -0.927. The molecule has 0 heterocycles. The van der Waals surface area contributed by atoms with Crippen LogP contribution in [0, 0.1) is 10.8 Å². The summed E-state index contributed by atoms with van der Waals surface area (Å²) >= 11 is 0. The van der Waals surface area contributed by atoms with Gasteiger partial charge in [0.2, 0.25) is 23.6 Å². The highest BCUT2D eigenvalue weighted by Crippen LogP contribution is 2.20. The summed E-state index contributed by atoms with van der Waals surface area (Å²) in [7, 11) is 5.96. The lowest BCUT2D eigenvalue weighted by Gasteiger charge is -2.25. The molecule has 0 saturated carbocycles. The van der Waals surface area contributed by atoms with Crippen molar-refractivity contribution in [3.63, 3.8) is 0 Å². The molecule has 2 aromatic carbocycles. The van der Waals surface area contributed by atoms with Crippen molar-refractivity contribution < 1.29 is 67.1 Å². The molecular formula is C49H82N4O14. The van der Waals surface area contributed by atoms with Gasteiger partial charge < -0.3 is 54.8 Å². The molecule has 0 radical (unpaired) electrons. The quantitative estimate of drug-likeness (QED) is 0.0379. The summed E-state index contributed by atoms with van der Waals surface area (Å²) in [5.41, 5.74) is 2.16. The Morgan fingerprint density at radius 1 is 0.552 bits per heavy atom. The third-order valence-corrected chi connectivity index (χ3v) is 8.60. The summed E-state index contributed by atoms with van der Waals surface area (Å²) in [6.45, 7) is 15.2. The highest BCUT2D eigenvalue weighted by Gasteiger charge is 2.35. The van der Waals surface area contributed by atoms with Crippen LogP contribution in [-0.2, 0) is 68.4 Å². The Labute approximate surface area is 399 Å². The fraction of sp³-hybridized carbons (Fsp3) is 0.571. The van der Waals surface area contributed by atoms with E-state index in [1.165, 1.54) is 56.1 Å². The van der Waals surface area contributed by atoms with Crippen LogP contribution in [0.15, 0.2) is 61.2 Å². The Hall–Kier alpha value is -5.69. The number of carboxylic acid groups (broad SMARTS) is 1. The molecule has 4 amide bonds. The maximum absolute atomic E-state index is 11.9. The number of carbonyl (C=O) groups excluding carboxylic acids is 6. The van der Waals surface area contributed by atoms with E-state index < -0.39 is 28.7 Å². The van der Waals surface area contributed by atoms with E-state index in [1.807, 2.05) is 48.5 Å². The topological polar surface area (TPSA) is 243 Å². The molecule has 0 bridgehead atoms. The number of benzene rings is 2. The first-order chi connectivity index (χ1) is 30.7. The molecule has 2 aromatic rings. The van der Waals surface area contributed by atoms with Crippen LogP contribution in [0.3, 0.4) is 0 Å². The maximum atomic E-state index is 11.9. The van der Waals surface area contributed by atoms with E-state index in [0.29, 0.717) is 6.42 Å². The third-order valence-electron chi connectivity index (χ3n) is 8.60. The van der Waals surface area contributed by atoms with E-state index in [-0.39, 0.29) is 78.1 Å². The normalized spacial score (nSPS) is 10.1. The lowest BCUT2D eigenvalue weighted by molar-refractivity contribution is -0.162. The van der Waals surface area contributed by atoms with Gasteiger partial charge in [-0.25, -0.2) is 4.79 Å². The predicted molar refractivity (Wildman–Crippen MR) is 262 cm³/mol. The van der Waals surface area contributed by atoms with Gasteiger partial charge in [-0.1, -0.05) is 58.5 Å². The van der Waals surface area contributed by atoms with Crippen molar-refractivity contribution in [2.75, 3.05) is 91.8 Å². The first-order valence-corrected chi connectivity index (χ1v) is 21.1. The highest BCUT2D eigenvalue weighted by atomic mass is 16.6. The van der Waals surface area contributed by atoms with Gasteiger partial charge in [-0.05, 0) is 68.5 Å². The number of aliphatic carboxylic acids is 1. The molecule has 0 aliphatic rings. The van der Waals surface area contributed by atoms with Crippen molar-refractivity contribution in [1.29, 1.82) is 0 Å². The first-order valence-electron chi connectivity index (χ1n) is 21.1. The smallest absolute Gasteiger partial charge is 0.330 e. The number of anilines is 2. The average molecular weight is 951 g/mol. The Morgan fingerprint density at radius 3 is 1.22 bits per heavy atom. The molecular weight excluding hydrogens is 869 g/mol. The van der Waals surface area contributed by atoms with Gasteiger partial charge in [0.15, 0.2) is 0 Å². The van der Waals surface area contributed by atoms with Gasteiger partial charge in [0.25, 0.3) is 0 Å². The molecule has 0 aromatic heterocycles. The molecule has 0 spiro atoms. The largest absolute Gasteiger partial charge is 0.481 e. The van der Waals surface area contributed by atoms with Gasteiger partial charge in [0.1, 0.15) is 10.8 Å². The number of hydrogen-bond donors (Lipinski definition) is 5. The zero-order chi connectivity index (χ0) is 49.7. The van der Waals surface area contributed by atoms with E-state index >= 15 is 0 Å². The van der Waals surface area contributed by atoms with Crippen LogP contribution in [-0.4, -0.2) is 128 Å². The number of nitrogens with one attached hydrogen (secondary N) is 4. The van der Waals surface area contributed by atoms with Crippen molar-refractivity contribution in [3.05, 3.63) is 72.3 Å². The Kier molecular flexibility index (Phi) is 41.1. The zero-order valence-corrected chi connectivity index (χ0v) is 40.1. The number of carboxylic acids is 1. The van der Waals surface area contributed by atoms with Crippen LogP contribution >= 0.6 is 0 Å². The number of methoxy groups -OCH3 is 4. The summed E-state index contributed by atoms with van der Waals surface area (Å²) in [5, 5.41) is 19.7. The zero-order valence-electron chi connectivity index (χ0n) is 40.1. The van der Waals surface area contributed by atoms with Crippen LogP contribution in [0.5, 0.6) is 0 Å². The van der Waals surface area contributed by atoms with Crippen LogP contribution in [0.2, 0.25) is 0 Å². The van der Waals surface area contributed by atoms with Crippen molar-refractivity contribution in [3.8, 4) is 0 Å². The molecule has 18 heteroatoms. The number of unbranched alkanes of at least 4 members (excludes halogenated alkanes) is 3. The molecule has 0 aliphatic carbocycles. The SMILES string of the molecule is C.C.C=CC(=O)OCCCOC(=O)C(C)(COC)COC.CC(=O)NCCCCCCNC(C)=O.CC(=O)Nc1ccc(Cc2ccc(NC(C)=O)cc2)cc1.COCC(C)(COC)C(=O)O. The summed E-state index contributed by atoms with van der Waals surface area (Å²) in [4.78, 5) is 76.2. The van der Waals surface area contributed by atoms with E-state index in [4.69, 9.17) is 33.5 Å². The molecule has 0 unspecified atom stereocenters. The van der Waals surface area contributed by atoms with Crippen molar-refractivity contribution in [2.45, 2.75) is 94.9 Å². The predicted octanol–water partition coefficient (Wildman–Crippen LogP) is 6.60. The molecule has 18 nitrogen and oxygen atoms in total. The van der Waals surface area contributed by atoms with Gasteiger partial charge in [-0.15, -0.1) is 0 Å². The molecule has 0 aliphatic heterocycles. The Balaban J connectivity index is -0.000000402. The van der Waals surface area contributed by atoms with E-state index in [0.717, 1.165) is 73.8 Å². The number of amides is 4. The average Bonchev–Trinajstić information content (AvgIpc) is 3.23. The van der Waals surface area contributed by atoms with Crippen LogP contribution in [0.1, 0.15) is 99.6 Å². The Morgan fingerprint density at radius 2 is 0.910 bits per heavy atom. The molecule has 67 heavy (non-hydrogen) atoms. The molecule has 382 valence electrons. The highest BCUT2D eigenvalue weighted by molar-refractivity contribution is 5.89. The van der Waals surface area contributed by atoms with Gasteiger partial charge in [0, 0.05) is 93.1 Å². The molecule has 2 rings (SSSR count). The van der Waals surface area contributed by atoms with E-state index in [1.54, 1.807) is 13.8 Å². The van der Waals surface area contributed by atoms with E-state index in [2.05, 4.69) is 27.8 Å². The second-order valence-corrected chi connectivity index (χ2v) is 15.3. The fourth-order valence-corrected chi connectivity index (χ4v) is 5.42. The van der Waals surface area contributed by atoms with Crippen LogP contribution < -0.4 is 21.3 Å². The summed E-state index contributed by atoms with van der Waals surface area (Å²) in [6, 6.07) is 15.5. The molecule has 5 N–H and O–H groups in total. The maximum Gasteiger partial charge on any atom is 0.330 e. The second-order valence-electron chi connectivity index (χ2n) is 15.3. The standard InChI is InChI=1S/C17H18N2O2.C13H22O6.C10H20N2O2.C7H14O4.2CH4/c1-12(20)18-16-7-3-14(4-8-16)11-15-5-9-17(10-6-15)19-13(2)21;1-5-11(14)18-7-6-8-19-12(15)13(2,9-16-3)10-17-4;1-9(13)11-7-5-3-4-6-8-12-10(2)14;1-7(4-10-2,5-11-3)6(8)9;;/h3-10H,11H2,1-2H3,(H,18,20)(H,19,21);5H,1,6-10H2,2-4H3;3-8H2,1-2H3,(H,11,13)(H,12,14);4-5H2,1-3H3,(H,8,9);2*1H4. The lowest BCUT2D eigenvalue weighted by Crippen LogP contribution is -2.38. The Bertz CT molecular complexity index is 1610. The summed E-state index contributed by atoms with van der Waals surface area (Å²) in [6.07, 6.45) is 6.54. The van der Waals surface area contributed by atoms with Crippen molar-refractivity contribution >= 4 is 52.9 Å². The number of ether oxygens (including phenoxy) is 6. The van der Waals surface area contributed by atoms with Crippen molar-refractivity contribution in [2.24, 2.45) is 10.8 Å². The lowest BCUT2D eigenvalue weighted by atomic mass is 9.93. The van der Waals surface area contributed by atoms with Gasteiger partial charge in [-0.3, -0.25) is 28.8 Å². The second kappa shape index (κ2) is 40.6. The minimum Gasteiger partial charge on any atom is -0.481 e. The monoisotopic (exact) mass is 951 g/mol. The number of rotatable bonds is 26. The number of esters is 2. The van der Waals surface area contributed by atoms with Gasteiger partial charge >= 0.3 is 17.9 Å². The van der Waals surface area contributed by atoms with Crippen LogP contribution in [0.4, 0.5) is 11.4 Å². The van der Waals surface area contributed by atoms with Crippen LogP contribution in [0.25, 0.3) is 0 Å². The first kappa shape index (κ1) is 67.9. The summed E-state index contributed by atoms with van der Waals surface area (Å²) in [5.74, 6) is -1.87.